The van der Waals surface area contributed by atoms with Gasteiger partial charge in [0.25, 0.3) is 5.91 Å². The number of hydrogen-bond acceptors (Lipinski definition) is 5. The molecule has 1 amide bonds. The average molecular weight is 377 g/mol. The number of phenols is 1. The normalized spacial score (nSPS) is 16.8. The van der Waals surface area contributed by atoms with Crippen molar-refractivity contribution in [1.29, 1.82) is 0 Å². The third-order valence-electron chi connectivity index (χ3n) is 3.98. The molecule has 0 aromatic heterocycles. The minimum atomic E-state index is -0.203. The summed E-state index contributed by atoms with van der Waals surface area (Å²) in [4.78, 5) is 16.8. The van der Waals surface area contributed by atoms with Gasteiger partial charge in [-0.15, -0.1) is 0 Å². The fraction of sp³-hybridized carbons (Fsp3) is 0.450. The largest absolute Gasteiger partial charge is 0.507 e. The van der Waals surface area contributed by atoms with Crippen LogP contribution in [0.15, 0.2) is 28.6 Å². The number of amides is 1. The lowest BCUT2D eigenvalue weighted by Gasteiger charge is -2.25. The smallest absolute Gasteiger partial charge is 0.266 e. The van der Waals surface area contributed by atoms with Crippen molar-refractivity contribution in [1.82, 2.24) is 9.80 Å². The van der Waals surface area contributed by atoms with E-state index in [1.165, 1.54) is 16.7 Å². The first kappa shape index (κ1) is 20.6. The van der Waals surface area contributed by atoms with E-state index in [4.69, 9.17) is 4.74 Å². The Morgan fingerprint density at radius 2 is 2.00 bits per heavy atom. The van der Waals surface area contributed by atoms with Gasteiger partial charge < -0.3 is 14.7 Å². The molecule has 0 spiro atoms. The molecule has 0 radical (unpaired) electrons. The van der Waals surface area contributed by atoms with Crippen molar-refractivity contribution >= 4 is 23.7 Å². The van der Waals surface area contributed by atoms with Crippen LogP contribution in [0.2, 0.25) is 0 Å². The van der Waals surface area contributed by atoms with Gasteiger partial charge in [-0.05, 0) is 48.7 Å². The molecular formula is C20H28N2O3S. The number of ether oxygens (including phenoxy) is 1. The number of thioether (sulfide) groups is 1. The highest BCUT2D eigenvalue weighted by Crippen LogP contribution is 2.36. The van der Waals surface area contributed by atoms with E-state index in [0.29, 0.717) is 17.2 Å². The molecule has 2 rings (SSSR count). The number of phenolic OH excluding ortho intramolecular Hbond substituents is 1. The monoisotopic (exact) mass is 376 g/mol. The number of aromatic hydroxyl groups is 1. The molecule has 0 atom stereocenters. The molecule has 0 saturated heterocycles. The number of rotatable bonds is 5. The lowest BCUT2D eigenvalue weighted by atomic mass is 9.84. The third-order valence-corrected chi connectivity index (χ3v) is 4.78. The maximum atomic E-state index is 12.6. The molecule has 5 nitrogen and oxygen atoms in total. The van der Waals surface area contributed by atoms with E-state index in [-0.39, 0.29) is 18.1 Å². The number of benzene rings is 1. The van der Waals surface area contributed by atoms with Crippen LogP contribution in [0.3, 0.4) is 0 Å². The second kappa shape index (κ2) is 8.29. The van der Waals surface area contributed by atoms with Crippen LogP contribution in [-0.2, 0) is 21.5 Å². The molecule has 0 saturated carbocycles. The number of nitrogens with zero attached hydrogens (tertiary/aromatic N) is 2. The van der Waals surface area contributed by atoms with Gasteiger partial charge in [0, 0.05) is 31.0 Å². The zero-order chi connectivity index (χ0) is 19.5. The maximum absolute atomic E-state index is 12.6. The van der Waals surface area contributed by atoms with Gasteiger partial charge in [-0.3, -0.25) is 9.69 Å². The second-order valence-electron chi connectivity index (χ2n) is 7.67. The highest BCUT2D eigenvalue weighted by molar-refractivity contribution is 8.06. The Labute approximate surface area is 160 Å². The minimum Gasteiger partial charge on any atom is -0.507 e. The SMILES string of the molecule is COCN1C=CSC(=Cc2cc(CN(C)C)c(O)c(C(C)(C)C)c2)C1=O. The highest BCUT2D eigenvalue weighted by Gasteiger charge is 2.23. The lowest BCUT2D eigenvalue weighted by Crippen LogP contribution is -2.29. The molecule has 0 fully saturated rings. The summed E-state index contributed by atoms with van der Waals surface area (Å²) in [6, 6.07) is 3.92. The summed E-state index contributed by atoms with van der Waals surface area (Å²) in [5.41, 5.74) is 2.44. The number of carbonyl (C=O) groups is 1. The Balaban J connectivity index is 2.49. The molecule has 1 aromatic rings. The van der Waals surface area contributed by atoms with E-state index in [1.807, 2.05) is 42.6 Å². The van der Waals surface area contributed by atoms with E-state index in [2.05, 4.69) is 20.8 Å². The summed E-state index contributed by atoms with van der Waals surface area (Å²) in [5, 5.41) is 12.6. The van der Waals surface area contributed by atoms with Gasteiger partial charge in [-0.1, -0.05) is 32.5 Å². The van der Waals surface area contributed by atoms with Crippen molar-refractivity contribution in [2.45, 2.75) is 32.7 Å². The van der Waals surface area contributed by atoms with E-state index in [9.17, 15) is 9.90 Å². The summed E-state index contributed by atoms with van der Waals surface area (Å²) in [6.45, 7) is 7.07. The first-order valence-corrected chi connectivity index (χ1v) is 9.37. The molecule has 26 heavy (non-hydrogen) atoms. The lowest BCUT2D eigenvalue weighted by molar-refractivity contribution is -0.127. The van der Waals surface area contributed by atoms with E-state index < -0.39 is 0 Å². The predicted molar refractivity (Wildman–Crippen MR) is 108 cm³/mol. The molecule has 142 valence electrons. The van der Waals surface area contributed by atoms with Crippen molar-refractivity contribution in [3.05, 3.63) is 45.3 Å². The minimum absolute atomic E-state index is 0.0844. The highest BCUT2D eigenvalue weighted by atomic mass is 32.2. The van der Waals surface area contributed by atoms with Gasteiger partial charge in [-0.2, -0.15) is 0 Å². The van der Waals surface area contributed by atoms with E-state index >= 15 is 0 Å². The van der Waals surface area contributed by atoms with Crippen LogP contribution >= 0.6 is 11.8 Å². The molecule has 6 heteroatoms. The first-order chi connectivity index (χ1) is 12.1. The summed E-state index contributed by atoms with van der Waals surface area (Å²) >= 11 is 1.39. The zero-order valence-corrected chi connectivity index (χ0v) is 17.2. The van der Waals surface area contributed by atoms with Crippen molar-refractivity contribution in [2.24, 2.45) is 0 Å². The Morgan fingerprint density at radius 1 is 1.31 bits per heavy atom. The zero-order valence-electron chi connectivity index (χ0n) is 16.4. The standard InChI is InChI=1S/C20H28N2O3S/c1-20(2,3)16-10-14(9-15(18(16)23)12-21(4)5)11-17-19(24)22(13-25-6)7-8-26-17/h7-11,23H,12-13H2,1-6H3. The third kappa shape index (κ3) is 4.90. The molecule has 1 aliphatic heterocycles. The summed E-state index contributed by atoms with van der Waals surface area (Å²) in [7, 11) is 5.50. The predicted octanol–water partition coefficient (Wildman–Crippen LogP) is 3.74. The Kier molecular flexibility index (Phi) is 6.55. The molecule has 0 bridgehead atoms. The topological polar surface area (TPSA) is 53.0 Å². The number of methoxy groups -OCH3 is 1. The van der Waals surface area contributed by atoms with E-state index in [0.717, 1.165) is 16.7 Å². The van der Waals surface area contributed by atoms with Crippen LogP contribution in [0.5, 0.6) is 5.75 Å². The van der Waals surface area contributed by atoms with Crippen molar-refractivity contribution in [2.75, 3.05) is 27.9 Å². The van der Waals surface area contributed by atoms with Gasteiger partial charge in [0.1, 0.15) is 12.5 Å². The van der Waals surface area contributed by atoms with Crippen molar-refractivity contribution in [3.63, 3.8) is 0 Å². The molecule has 1 aliphatic rings. The van der Waals surface area contributed by atoms with Crippen LogP contribution in [-0.4, -0.2) is 48.7 Å². The van der Waals surface area contributed by atoms with Gasteiger partial charge >= 0.3 is 0 Å². The Bertz CT molecular complexity index is 733. The van der Waals surface area contributed by atoms with Crippen molar-refractivity contribution < 1.29 is 14.6 Å². The molecule has 0 aliphatic carbocycles. The van der Waals surface area contributed by atoms with Crippen LogP contribution in [0.1, 0.15) is 37.5 Å². The summed E-state index contributed by atoms with van der Waals surface area (Å²) in [5.74, 6) is 0.246. The second-order valence-corrected chi connectivity index (χ2v) is 8.62. The molecule has 0 unspecified atom stereocenters. The van der Waals surface area contributed by atoms with Gasteiger partial charge in [-0.25, -0.2) is 0 Å². The quantitative estimate of drug-likeness (QED) is 0.794. The van der Waals surface area contributed by atoms with Crippen LogP contribution in [0.4, 0.5) is 0 Å². The van der Waals surface area contributed by atoms with Crippen LogP contribution < -0.4 is 0 Å². The van der Waals surface area contributed by atoms with Gasteiger partial charge in [0.2, 0.25) is 0 Å². The van der Waals surface area contributed by atoms with Crippen LogP contribution in [0, 0.1) is 0 Å². The summed E-state index contributed by atoms with van der Waals surface area (Å²) < 4.78 is 5.07. The van der Waals surface area contributed by atoms with Gasteiger partial charge in [0.05, 0.1) is 4.91 Å². The molecule has 1 heterocycles. The average Bonchev–Trinajstić information content (AvgIpc) is 2.52. The van der Waals surface area contributed by atoms with Crippen molar-refractivity contribution in [3.8, 4) is 5.75 Å². The van der Waals surface area contributed by atoms with Crippen LogP contribution in [0.25, 0.3) is 6.08 Å². The fourth-order valence-corrected chi connectivity index (χ4v) is 3.54. The van der Waals surface area contributed by atoms with Gasteiger partial charge in [0.15, 0.2) is 0 Å². The first-order valence-electron chi connectivity index (χ1n) is 8.49. The molecular weight excluding hydrogens is 348 g/mol. The summed E-state index contributed by atoms with van der Waals surface area (Å²) in [6.07, 6.45) is 3.61. The Hall–Kier alpha value is -1.76. The molecule has 1 aromatic carbocycles. The van der Waals surface area contributed by atoms with E-state index in [1.54, 1.807) is 13.3 Å². The number of carbonyl (C=O) groups excluding carboxylic acids is 1. The number of hydrogen-bond donors (Lipinski definition) is 1. The Morgan fingerprint density at radius 3 is 2.58 bits per heavy atom. The maximum Gasteiger partial charge on any atom is 0.266 e. The molecule has 1 N–H and O–H groups in total. The fourth-order valence-electron chi connectivity index (χ4n) is 2.76.